The van der Waals surface area contributed by atoms with Crippen molar-refractivity contribution < 1.29 is 14.3 Å². The maximum atomic E-state index is 12.8. The third-order valence-electron chi connectivity index (χ3n) is 4.71. The van der Waals surface area contributed by atoms with Crippen LogP contribution >= 0.6 is 0 Å². The Balaban J connectivity index is 2.06. The van der Waals surface area contributed by atoms with E-state index >= 15 is 0 Å². The number of carbonyl (C=O) groups is 1. The number of rotatable bonds is 12. The highest BCUT2D eigenvalue weighted by Crippen LogP contribution is 2.21. The van der Waals surface area contributed by atoms with Crippen LogP contribution in [0.15, 0.2) is 54.6 Å². The molecule has 0 aliphatic rings. The average molecular weight is 385 g/mol. The van der Waals surface area contributed by atoms with Crippen LogP contribution in [0.25, 0.3) is 0 Å². The van der Waals surface area contributed by atoms with Gasteiger partial charge in [0, 0.05) is 13.2 Å². The Morgan fingerprint density at radius 2 is 1.64 bits per heavy atom. The minimum Gasteiger partial charge on any atom is -0.490 e. The van der Waals surface area contributed by atoms with E-state index in [9.17, 15) is 4.79 Å². The number of hydrogen-bond acceptors (Lipinski definition) is 4. The van der Waals surface area contributed by atoms with Crippen LogP contribution in [0.2, 0.25) is 0 Å². The first kappa shape index (κ1) is 21.9. The molecule has 5 nitrogen and oxygen atoms in total. The summed E-state index contributed by atoms with van der Waals surface area (Å²) in [7, 11) is 0. The summed E-state index contributed by atoms with van der Waals surface area (Å²) >= 11 is 0. The molecule has 0 aliphatic heterocycles. The summed E-state index contributed by atoms with van der Waals surface area (Å²) in [6.45, 7) is 10.2. The number of carbonyl (C=O) groups excluding carboxylic acids is 1. The number of likely N-dealkylation sites (N-methyl/N-ethyl adjacent to an activating group) is 1. The summed E-state index contributed by atoms with van der Waals surface area (Å²) in [6.07, 6.45) is 0. The molecule has 5 heteroatoms. The number of para-hydroxylation sites is 1. The van der Waals surface area contributed by atoms with Gasteiger partial charge in [0.1, 0.15) is 12.4 Å². The van der Waals surface area contributed by atoms with Gasteiger partial charge >= 0.3 is 0 Å². The zero-order chi connectivity index (χ0) is 20.2. The molecule has 2 aromatic rings. The van der Waals surface area contributed by atoms with Crippen molar-refractivity contribution in [2.45, 2.75) is 26.8 Å². The van der Waals surface area contributed by atoms with E-state index in [1.165, 1.54) is 5.56 Å². The number of ether oxygens (including phenoxy) is 2. The number of benzene rings is 2. The van der Waals surface area contributed by atoms with Crippen LogP contribution in [0.3, 0.4) is 0 Å². The van der Waals surface area contributed by atoms with E-state index in [0.717, 1.165) is 13.1 Å². The van der Waals surface area contributed by atoms with Gasteiger partial charge in [-0.15, -0.1) is 0 Å². The van der Waals surface area contributed by atoms with Gasteiger partial charge < -0.3 is 14.8 Å². The fourth-order valence-electron chi connectivity index (χ4n) is 3.22. The van der Waals surface area contributed by atoms with Gasteiger partial charge in [-0.25, -0.2) is 0 Å². The number of hydrogen-bond donors (Lipinski definition) is 1. The molecule has 1 unspecified atom stereocenters. The maximum absolute atomic E-state index is 12.8. The Hall–Kier alpha value is -2.37. The molecule has 1 atom stereocenters. The van der Waals surface area contributed by atoms with Gasteiger partial charge in [0.25, 0.3) is 5.91 Å². The highest BCUT2D eigenvalue weighted by Gasteiger charge is 2.20. The summed E-state index contributed by atoms with van der Waals surface area (Å²) in [4.78, 5) is 15.2. The van der Waals surface area contributed by atoms with Crippen LogP contribution in [-0.2, 0) is 4.74 Å². The first-order chi connectivity index (χ1) is 13.7. The summed E-state index contributed by atoms with van der Waals surface area (Å²) in [5.74, 6) is 0.457. The van der Waals surface area contributed by atoms with Crippen molar-refractivity contribution in [1.82, 2.24) is 10.2 Å². The van der Waals surface area contributed by atoms with Gasteiger partial charge in [-0.05, 0) is 37.7 Å². The standard InChI is InChI=1S/C23H32N2O3/c1-4-25(5-2)21(19-12-8-7-9-13-19)18-24-23(26)20-14-10-11-15-22(20)28-17-16-27-6-3/h7-15,21H,4-6,16-18H2,1-3H3,(H,24,26). The predicted molar refractivity (Wildman–Crippen MR) is 113 cm³/mol. The van der Waals surface area contributed by atoms with Crippen molar-refractivity contribution in [3.8, 4) is 5.75 Å². The molecule has 0 saturated carbocycles. The van der Waals surface area contributed by atoms with Crippen molar-refractivity contribution >= 4 is 5.91 Å². The fraction of sp³-hybridized carbons (Fsp3) is 0.435. The molecule has 1 amide bonds. The van der Waals surface area contributed by atoms with Gasteiger partial charge in [-0.1, -0.05) is 56.3 Å². The second-order valence-corrected chi connectivity index (χ2v) is 6.40. The zero-order valence-corrected chi connectivity index (χ0v) is 17.2. The molecule has 0 radical (unpaired) electrons. The molecule has 152 valence electrons. The van der Waals surface area contributed by atoms with E-state index in [-0.39, 0.29) is 11.9 Å². The molecule has 0 fully saturated rings. The quantitative estimate of drug-likeness (QED) is 0.564. The minimum absolute atomic E-state index is 0.125. The maximum Gasteiger partial charge on any atom is 0.255 e. The third-order valence-corrected chi connectivity index (χ3v) is 4.71. The molecule has 0 aromatic heterocycles. The van der Waals surface area contributed by atoms with E-state index in [1.54, 1.807) is 6.07 Å². The van der Waals surface area contributed by atoms with E-state index < -0.39 is 0 Å². The zero-order valence-electron chi connectivity index (χ0n) is 17.2. The summed E-state index contributed by atoms with van der Waals surface area (Å²) in [5.41, 5.74) is 1.75. The summed E-state index contributed by atoms with van der Waals surface area (Å²) < 4.78 is 11.0. The van der Waals surface area contributed by atoms with E-state index in [2.05, 4.69) is 36.2 Å². The lowest BCUT2D eigenvalue weighted by molar-refractivity contribution is 0.0919. The number of nitrogens with zero attached hydrogens (tertiary/aromatic N) is 1. The fourth-order valence-corrected chi connectivity index (χ4v) is 3.22. The predicted octanol–water partition coefficient (Wildman–Crippen LogP) is 3.91. The Labute approximate surface area is 168 Å². The molecular weight excluding hydrogens is 352 g/mol. The van der Waals surface area contributed by atoms with Gasteiger partial charge in [-0.3, -0.25) is 9.69 Å². The molecule has 1 N–H and O–H groups in total. The largest absolute Gasteiger partial charge is 0.490 e. The van der Waals surface area contributed by atoms with Crippen molar-refractivity contribution in [1.29, 1.82) is 0 Å². The van der Waals surface area contributed by atoms with E-state index in [0.29, 0.717) is 37.7 Å². The topological polar surface area (TPSA) is 50.8 Å². The molecule has 0 aliphatic carbocycles. The number of nitrogens with one attached hydrogen (secondary N) is 1. The van der Waals surface area contributed by atoms with Crippen LogP contribution in [-0.4, -0.2) is 50.3 Å². The Morgan fingerprint density at radius 1 is 0.964 bits per heavy atom. The van der Waals surface area contributed by atoms with Crippen LogP contribution in [0.1, 0.15) is 42.7 Å². The molecule has 0 heterocycles. The van der Waals surface area contributed by atoms with E-state index in [1.807, 2.05) is 43.3 Å². The first-order valence-corrected chi connectivity index (χ1v) is 10.1. The normalized spacial score (nSPS) is 12.0. The van der Waals surface area contributed by atoms with Gasteiger partial charge in [0.15, 0.2) is 0 Å². The molecule has 2 rings (SSSR count). The highest BCUT2D eigenvalue weighted by atomic mass is 16.5. The second kappa shape index (κ2) is 12.2. The van der Waals surface area contributed by atoms with Gasteiger partial charge in [-0.2, -0.15) is 0 Å². The van der Waals surface area contributed by atoms with Crippen LogP contribution in [0.4, 0.5) is 0 Å². The lowest BCUT2D eigenvalue weighted by Gasteiger charge is -2.30. The molecule has 0 bridgehead atoms. The molecule has 28 heavy (non-hydrogen) atoms. The summed E-state index contributed by atoms with van der Waals surface area (Å²) in [6, 6.07) is 17.8. The van der Waals surface area contributed by atoms with Crippen molar-refractivity contribution in [3.63, 3.8) is 0 Å². The molecule has 0 saturated heterocycles. The molecule has 0 spiro atoms. The third kappa shape index (κ3) is 6.36. The number of amides is 1. The highest BCUT2D eigenvalue weighted by molar-refractivity contribution is 5.96. The van der Waals surface area contributed by atoms with Crippen molar-refractivity contribution in [2.75, 3.05) is 39.5 Å². The van der Waals surface area contributed by atoms with Crippen molar-refractivity contribution in [3.05, 3.63) is 65.7 Å². The molecular formula is C23H32N2O3. The minimum atomic E-state index is -0.125. The Bertz CT molecular complexity index is 702. The monoisotopic (exact) mass is 384 g/mol. The smallest absolute Gasteiger partial charge is 0.255 e. The Kier molecular flexibility index (Phi) is 9.52. The van der Waals surface area contributed by atoms with Crippen LogP contribution in [0.5, 0.6) is 5.75 Å². The van der Waals surface area contributed by atoms with Crippen LogP contribution < -0.4 is 10.1 Å². The SMILES string of the molecule is CCOCCOc1ccccc1C(=O)NCC(c1ccccc1)N(CC)CC. The summed E-state index contributed by atoms with van der Waals surface area (Å²) in [5, 5.41) is 3.10. The van der Waals surface area contributed by atoms with E-state index in [4.69, 9.17) is 9.47 Å². The lowest BCUT2D eigenvalue weighted by atomic mass is 10.0. The van der Waals surface area contributed by atoms with Gasteiger partial charge in [0.2, 0.25) is 0 Å². The molecule has 2 aromatic carbocycles. The van der Waals surface area contributed by atoms with Crippen molar-refractivity contribution in [2.24, 2.45) is 0 Å². The second-order valence-electron chi connectivity index (χ2n) is 6.40. The Morgan fingerprint density at radius 3 is 2.32 bits per heavy atom. The average Bonchev–Trinajstić information content (AvgIpc) is 2.75. The lowest BCUT2D eigenvalue weighted by Crippen LogP contribution is -2.38. The van der Waals surface area contributed by atoms with Crippen LogP contribution in [0, 0.1) is 0 Å². The first-order valence-electron chi connectivity index (χ1n) is 10.1. The van der Waals surface area contributed by atoms with Gasteiger partial charge in [0.05, 0.1) is 18.2 Å².